The van der Waals surface area contributed by atoms with Crippen molar-refractivity contribution in [3.8, 4) is 6.07 Å². The van der Waals surface area contributed by atoms with Gasteiger partial charge in [-0.25, -0.2) is 4.39 Å². The van der Waals surface area contributed by atoms with E-state index in [0.717, 1.165) is 16.5 Å². The largest absolute Gasteiger partial charge is 0.361 e. The van der Waals surface area contributed by atoms with Crippen LogP contribution in [0.5, 0.6) is 0 Å². The highest BCUT2D eigenvalue weighted by Gasteiger charge is 2.08. The molecular formula is C17H11FN2. The fourth-order valence-electron chi connectivity index (χ4n) is 2.22. The number of hydrogen-bond acceptors (Lipinski definition) is 1. The van der Waals surface area contributed by atoms with Gasteiger partial charge in [0, 0.05) is 28.2 Å². The van der Waals surface area contributed by atoms with Crippen LogP contribution >= 0.6 is 0 Å². The first-order chi connectivity index (χ1) is 9.79. The molecule has 20 heavy (non-hydrogen) atoms. The lowest BCUT2D eigenvalue weighted by atomic mass is 10.0. The summed E-state index contributed by atoms with van der Waals surface area (Å²) in [6.07, 6.45) is 3.53. The maximum atomic E-state index is 13.8. The van der Waals surface area contributed by atoms with Gasteiger partial charge < -0.3 is 4.98 Å². The summed E-state index contributed by atoms with van der Waals surface area (Å²) in [7, 11) is 0. The van der Waals surface area contributed by atoms with Crippen molar-refractivity contribution >= 4 is 22.6 Å². The molecule has 3 aromatic rings. The molecule has 2 aromatic carbocycles. The molecule has 0 bridgehead atoms. The van der Waals surface area contributed by atoms with Crippen LogP contribution in [0.25, 0.3) is 22.6 Å². The first-order valence-electron chi connectivity index (χ1n) is 6.22. The van der Waals surface area contributed by atoms with Crippen molar-refractivity contribution in [1.82, 2.24) is 4.98 Å². The SMILES string of the molecule is N#CC(=Cc1c[nH]c2ccccc12)c1ccccc1F. The molecule has 0 radical (unpaired) electrons. The van der Waals surface area contributed by atoms with E-state index in [9.17, 15) is 9.65 Å². The second-order valence-electron chi connectivity index (χ2n) is 4.44. The van der Waals surface area contributed by atoms with E-state index in [2.05, 4.69) is 11.1 Å². The Labute approximate surface area is 115 Å². The van der Waals surface area contributed by atoms with Crippen molar-refractivity contribution in [3.63, 3.8) is 0 Å². The van der Waals surface area contributed by atoms with Crippen molar-refractivity contribution in [2.75, 3.05) is 0 Å². The smallest absolute Gasteiger partial charge is 0.131 e. The Morgan fingerprint density at radius 3 is 2.65 bits per heavy atom. The molecule has 3 rings (SSSR count). The molecule has 1 aromatic heterocycles. The molecule has 0 amide bonds. The molecule has 1 heterocycles. The molecule has 2 nitrogen and oxygen atoms in total. The number of benzene rings is 2. The molecule has 0 aliphatic rings. The fraction of sp³-hybridized carbons (Fsp3) is 0. The first kappa shape index (κ1) is 12.2. The Bertz CT molecular complexity index is 837. The topological polar surface area (TPSA) is 39.6 Å². The molecule has 0 fully saturated rings. The second-order valence-corrected chi connectivity index (χ2v) is 4.44. The van der Waals surface area contributed by atoms with Gasteiger partial charge in [0.1, 0.15) is 5.82 Å². The quantitative estimate of drug-likeness (QED) is 0.684. The summed E-state index contributed by atoms with van der Waals surface area (Å²) >= 11 is 0. The third-order valence-corrected chi connectivity index (χ3v) is 3.21. The first-order valence-corrected chi connectivity index (χ1v) is 6.22. The minimum Gasteiger partial charge on any atom is -0.361 e. The van der Waals surface area contributed by atoms with Gasteiger partial charge in [0.2, 0.25) is 0 Å². The van der Waals surface area contributed by atoms with Crippen molar-refractivity contribution in [1.29, 1.82) is 5.26 Å². The average molecular weight is 262 g/mol. The van der Waals surface area contributed by atoms with Crippen LogP contribution in [0.3, 0.4) is 0 Å². The summed E-state index contributed by atoms with van der Waals surface area (Å²) in [5.41, 5.74) is 2.50. The molecule has 1 N–H and O–H groups in total. The van der Waals surface area contributed by atoms with E-state index in [1.54, 1.807) is 24.3 Å². The third kappa shape index (κ3) is 2.08. The van der Waals surface area contributed by atoms with Crippen LogP contribution in [0.15, 0.2) is 54.7 Å². The second kappa shape index (κ2) is 5.02. The summed E-state index contributed by atoms with van der Waals surface area (Å²) in [4.78, 5) is 3.14. The van der Waals surface area contributed by atoms with Crippen LogP contribution in [0.2, 0.25) is 0 Å². The van der Waals surface area contributed by atoms with Gasteiger partial charge in [0.05, 0.1) is 11.6 Å². The van der Waals surface area contributed by atoms with E-state index < -0.39 is 0 Å². The van der Waals surface area contributed by atoms with E-state index in [-0.39, 0.29) is 5.82 Å². The van der Waals surface area contributed by atoms with Gasteiger partial charge in [-0.05, 0) is 18.2 Å². The Balaban J connectivity index is 2.15. The van der Waals surface area contributed by atoms with Crippen LogP contribution in [-0.4, -0.2) is 4.98 Å². The number of aromatic nitrogens is 1. The van der Waals surface area contributed by atoms with E-state index in [1.165, 1.54) is 6.07 Å². The molecule has 96 valence electrons. The van der Waals surface area contributed by atoms with Crippen LogP contribution < -0.4 is 0 Å². The zero-order valence-corrected chi connectivity index (χ0v) is 10.6. The van der Waals surface area contributed by atoms with Crippen LogP contribution in [0.1, 0.15) is 11.1 Å². The third-order valence-electron chi connectivity index (χ3n) is 3.21. The van der Waals surface area contributed by atoms with Crippen molar-refractivity contribution in [2.24, 2.45) is 0 Å². The van der Waals surface area contributed by atoms with Crippen LogP contribution in [-0.2, 0) is 0 Å². The number of nitriles is 1. The minimum atomic E-state index is -0.389. The van der Waals surface area contributed by atoms with Gasteiger partial charge in [-0.2, -0.15) is 5.26 Å². The maximum Gasteiger partial charge on any atom is 0.131 e. The molecule has 3 heteroatoms. The number of halogens is 1. The minimum absolute atomic E-state index is 0.313. The number of rotatable bonds is 2. The van der Waals surface area contributed by atoms with Crippen LogP contribution in [0.4, 0.5) is 4.39 Å². The molecule has 0 unspecified atom stereocenters. The van der Waals surface area contributed by atoms with Gasteiger partial charge in [-0.3, -0.25) is 0 Å². The molecule has 0 aliphatic heterocycles. The highest BCUT2D eigenvalue weighted by Crippen LogP contribution is 2.24. The monoisotopic (exact) mass is 262 g/mol. The number of nitrogens with zero attached hydrogens (tertiary/aromatic N) is 1. The van der Waals surface area contributed by atoms with Gasteiger partial charge in [0.25, 0.3) is 0 Å². The Kier molecular flexibility index (Phi) is 3.06. The molecule has 0 spiro atoms. The van der Waals surface area contributed by atoms with Crippen LogP contribution in [0, 0.1) is 17.1 Å². The van der Waals surface area contributed by atoms with Gasteiger partial charge in [-0.1, -0.05) is 36.4 Å². The lowest BCUT2D eigenvalue weighted by Gasteiger charge is -2.00. The van der Waals surface area contributed by atoms with Gasteiger partial charge >= 0.3 is 0 Å². The standard InChI is InChI=1S/C17H11FN2/c18-16-7-3-1-5-14(16)12(10-19)9-13-11-20-17-8-4-2-6-15(13)17/h1-9,11,20H. The molecule has 0 saturated heterocycles. The normalized spacial score (nSPS) is 11.5. The van der Waals surface area contributed by atoms with E-state index in [4.69, 9.17) is 0 Å². The Hall–Kier alpha value is -2.86. The highest BCUT2D eigenvalue weighted by atomic mass is 19.1. The molecular weight excluding hydrogens is 251 g/mol. The number of hydrogen-bond donors (Lipinski definition) is 1. The van der Waals surface area contributed by atoms with Crippen molar-refractivity contribution in [2.45, 2.75) is 0 Å². The molecule has 0 atom stereocenters. The summed E-state index contributed by atoms with van der Waals surface area (Å²) in [5, 5.41) is 10.3. The fourth-order valence-corrected chi connectivity index (χ4v) is 2.22. The predicted molar refractivity (Wildman–Crippen MR) is 78.2 cm³/mol. The van der Waals surface area contributed by atoms with Crippen molar-refractivity contribution < 1.29 is 4.39 Å². The molecule has 0 aliphatic carbocycles. The number of fused-ring (bicyclic) bond motifs is 1. The summed E-state index contributed by atoms with van der Waals surface area (Å²) in [5.74, 6) is -0.389. The highest BCUT2D eigenvalue weighted by molar-refractivity contribution is 5.97. The predicted octanol–water partition coefficient (Wildman–Crippen LogP) is 4.37. The summed E-state index contributed by atoms with van der Waals surface area (Å²) in [6.45, 7) is 0. The van der Waals surface area contributed by atoms with E-state index in [0.29, 0.717) is 11.1 Å². The van der Waals surface area contributed by atoms with E-state index in [1.807, 2.05) is 30.5 Å². The number of aromatic amines is 1. The summed E-state index contributed by atoms with van der Waals surface area (Å²) in [6, 6.07) is 16.2. The Morgan fingerprint density at radius 2 is 1.85 bits per heavy atom. The molecule has 0 saturated carbocycles. The Morgan fingerprint density at radius 1 is 1.10 bits per heavy atom. The van der Waals surface area contributed by atoms with Crippen molar-refractivity contribution in [3.05, 3.63) is 71.7 Å². The number of para-hydroxylation sites is 1. The zero-order valence-electron chi connectivity index (χ0n) is 10.6. The number of allylic oxidation sites excluding steroid dienone is 1. The summed E-state index contributed by atoms with van der Waals surface area (Å²) < 4.78 is 13.8. The number of nitrogens with one attached hydrogen (secondary N) is 1. The average Bonchev–Trinajstić information content (AvgIpc) is 2.89. The number of H-pyrrole nitrogens is 1. The van der Waals surface area contributed by atoms with Gasteiger partial charge in [-0.15, -0.1) is 0 Å². The van der Waals surface area contributed by atoms with E-state index >= 15 is 0 Å². The zero-order chi connectivity index (χ0) is 13.9. The lowest BCUT2D eigenvalue weighted by Crippen LogP contribution is -1.87. The lowest BCUT2D eigenvalue weighted by molar-refractivity contribution is 0.624. The van der Waals surface area contributed by atoms with Gasteiger partial charge in [0.15, 0.2) is 0 Å². The maximum absolute atomic E-state index is 13.8.